The molecule has 5 heteroatoms. The van der Waals surface area contributed by atoms with E-state index in [0.717, 1.165) is 42.6 Å². The van der Waals surface area contributed by atoms with Crippen molar-refractivity contribution in [3.8, 4) is 0 Å². The van der Waals surface area contributed by atoms with Crippen molar-refractivity contribution in [2.45, 2.75) is 38.5 Å². The van der Waals surface area contributed by atoms with E-state index in [2.05, 4.69) is 21.9 Å². The van der Waals surface area contributed by atoms with Crippen LogP contribution in [0.4, 0.5) is 5.69 Å². The highest BCUT2D eigenvalue weighted by Gasteiger charge is 2.50. The molecule has 2 aliphatic heterocycles. The molecule has 0 bridgehead atoms. The van der Waals surface area contributed by atoms with Crippen LogP contribution >= 0.6 is 0 Å². The second kappa shape index (κ2) is 4.41. The maximum absolute atomic E-state index is 12.2. The molecule has 0 aromatic heterocycles. The SMILES string of the molecule is O=C1CCC(c2ccc3c(c2)CCC2(CC2)C(=O)N3)=NN1. The Bertz CT molecular complexity index is 674. The Balaban J connectivity index is 1.64. The predicted octanol–water partition coefficient (Wildman–Crippen LogP) is 1.97. The van der Waals surface area contributed by atoms with Crippen LogP contribution in [-0.2, 0) is 16.0 Å². The number of nitrogens with one attached hydrogen (secondary N) is 2. The molecule has 108 valence electrons. The Morgan fingerprint density at radius 3 is 2.62 bits per heavy atom. The van der Waals surface area contributed by atoms with Crippen LogP contribution in [-0.4, -0.2) is 17.5 Å². The van der Waals surface area contributed by atoms with Crippen LogP contribution in [0, 0.1) is 5.41 Å². The molecule has 1 aromatic carbocycles. The lowest BCUT2D eigenvalue weighted by molar-refractivity contribution is -0.122. The number of hydrogen-bond donors (Lipinski definition) is 2. The molecule has 0 unspecified atom stereocenters. The highest BCUT2D eigenvalue weighted by molar-refractivity contribution is 6.05. The second-order valence-corrected chi connectivity index (χ2v) is 6.20. The van der Waals surface area contributed by atoms with E-state index >= 15 is 0 Å². The molecule has 3 aliphatic rings. The van der Waals surface area contributed by atoms with Crippen molar-refractivity contribution in [1.82, 2.24) is 5.43 Å². The summed E-state index contributed by atoms with van der Waals surface area (Å²) in [5.41, 5.74) is 6.47. The van der Waals surface area contributed by atoms with E-state index < -0.39 is 0 Å². The van der Waals surface area contributed by atoms with E-state index in [0.29, 0.717) is 12.8 Å². The quantitative estimate of drug-likeness (QED) is 0.827. The van der Waals surface area contributed by atoms with Crippen molar-refractivity contribution in [3.05, 3.63) is 29.3 Å². The summed E-state index contributed by atoms with van der Waals surface area (Å²) in [6.45, 7) is 0. The summed E-state index contributed by atoms with van der Waals surface area (Å²) < 4.78 is 0. The summed E-state index contributed by atoms with van der Waals surface area (Å²) in [5.74, 6) is 0.146. The predicted molar refractivity (Wildman–Crippen MR) is 79.0 cm³/mol. The van der Waals surface area contributed by atoms with Gasteiger partial charge in [0.1, 0.15) is 0 Å². The van der Waals surface area contributed by atoms with Crippen molar-refractivity contribution in [1.29, 1.82) is 0 Å². The number of aryl methyl sites for hydroxylation is 1. The third-order valence-electron chi connectivity index (χ3n) is 4.80. The second-order valence-electron chi connectivity index (χ2n) is 6.20. The summed E-state index contributed by atoms with van der Waals surface area (Å²) in [4.78, 5) is 23.4. The zero-order chi connectivity index (χ0) is 14.4. The summed E-state index contributed by atoms with van der Waals surface area (Å²) in [6, 6.07) is 6.04. The average Bonchev–Trinajstić information content (AvgIpc) is 3.29. The number of rotatable bonds is 1. The first-order chi connectivity index (χ1) is 10.2. The van der Waals surface area contributed by atoms with Gasteiger partial charge in [0.25, 0.3) is 0 Å². The Morgan fingerprint density at radius 2 is 1.90 bits per heavy atom. The van der Waals surface area contributed by atoms with Crippen molar-refractivity contribution in [2.75, 3.05) is 5.32 Å². The van der Waals surface area contributed by atoms with Crippen LogP contribution in [0.5, 0.6) is 0 Å². The topological polar surface area (TPSA) is 70.6 Å². The maximum Gasteiger partial charge on any atom is 0.240 e. The highest BCUT2D eigenvalue weighted by atomic mass is 16.2. The molecule has 1 fully saturated rings. The fraction of sp³-hybridized carbons (Fsp3) is 0.438. The molecule has 5 nitrogen and oxygen atoms in total. The van der Waals surface area contributed by atoms with Crippen LogP contribution < -0.4 is 10.7 Å². The minimum Gasteiger partial charge on any atom is -0.325 e. The van der Waals surface area contributed by atoms with Crippen LogP contribution in [0.2, 0.25) is 0 Å². The number of fused-ring (bicyclic) bond motifs is 1. The number of carbonyl (C=O) groups is 2. The fourth-order valence-electron chi connectivity index (χ4n) is 3.15. The summed E-state index contributed by atoms with van der Waals surface area (Å²) in [5, 5.41) is 7.20. The lowest BCUT2D eigenvalue weighted by Gasteiger charge is -2.14. The van der Waals surface area contributed by atoms with E-state index in [1.54, 1.807) is 0 Å². The Morgan fingerprint density at radius 1 is 1.05 bits per heavy atom. The number of hydrogen-bond acceptors (Lipinski definition) is 3. The van der Waals surface area contributed by atoms with Crippen molar-refractivity contribution in [3.63, 3.8) is 0 Å². The van der Waals surface area contributed by atoms with Gasteiger partial charge in [0.2, 0.25) is 11.8 Å². The first-order valence-corrected chi connectivity index (χ1v) is 7.46. The largest absolute Gasteiger partial charge is 0.325 e. The number of benzene rings is 1. The standard InChI is InChI=1S/C16H17N3O2/c20-14-4-3-13(18-19-14)10-1-2-12-11(9-10)5-6-16(7-8-16)15(21)17-12/h1-2,9H,3-8H2,(H,17,21)(H,19,20). The number of carbonyl (C=O) groups excluding carboxylic acids is 2. The lowest BCUT2D eigenvalue weighted by Crippen LogP contribution is -2.26. The van der Waals surface area contributed by atoms with E-state index in [1.807, 2.05) is 12.1 Å². The molecule has 0 radical (unpaired) electrons. The van der Waals surface area contributed by atoms with E-state index in [4.69, 9.17) is 0 Å². The van der Waals surface area contributed by atoms with Gasteiger partial charge in [-0.1, -0.05) is 6.07 Å². The minimum absolute atomic E-state index is 0.0311. The molecule has 1 saturated carbocycles. The van der Waals surface area contributed by atoms with Crippen molar-refractivity contribution in [2.24, 2.45) is 10.5 Å². The molecule has 2 amide bonds. The van der Waals surface area contributed by atoms with E-state index in [-0.39, 0.29) is 17.2 Å². The van der Waals surface area contributed by atoms with Gasteiger partial charge >= 0.3 is 0 Å². The Labute approximate surface area is 122 Å². The molecule has 2 N–H and O–H groups in total. The first-order valence-electron chi connectivity index (χ1n) is 7.46. The van der Waals surface area contributed by atoms with Gasteiger partial charge in [-0.15, -0.1) is 0 Å². The van der Waals surface area contributed by atoms with Crippen LogP contribution in [0.1, 0.15) is 43.2 Å². The number of hydrazone groups is 1. The zero-order valence-corrected chi connectivity index (χ0v) is 11.7. The molecule has 1 spiro atoms. The van der Waals surface area contributed by atoms with Gasteiger partial charge in [0.15, 0.2) is 0 Å². The monoisotopic (exact) mass is 283 g/mol. The zero-order valence-electron chi connectivity index (χ0n) is 11.7. The molecule has 21 heavy (non-hydrogen) atoms. The normalized spacial score (nSPS) is 22.8. The van der Waals surface area contributed by atoms with Crippen LogP contribution in [0.3, 0.4) is 0 Å². The van der Waals surface area contributed by atoms with Crippen molar-refractivity contribution < 1.29 is 9.59 Å². The van der Waals surface area contributed by atoms with Gasteiger partial charge in [0, 0.05) is 23.9 Å². The molecule has 1 aliphatic carbocycles. The van der Waals surface area contributed by atoms with Gasteiger partial charge in [-0.05, 0) is 48.9 Å². The molecular formula is C16H17N3O2. The highest BCUT2D eigenvalue weighted by Crippen LogP contribution is 2.52. The van der Waals surface area contributed by atoms with Gasteiger partial charge in [-0.2, -0.15) is 5.10 Å². The van der Waals surface area contributed by atoms with Crippen LogP contribution in [0.15, 0.2) is 23.3 Å². The first kappa shape index (κ1) is 12.6. The average molecular weight is 283 g/mol. The third-order valence-corrected chi connectivity index (χ3v) is 4.80. The Hall–Kier alpha value is -2.17. The Kier molecular flexibility index (Phi) is 2.64. The molecule has 0 saturated heterocycles. The number of nitrogens with zero attached hydrogens (tertiary/aromatic N) is 1. The van der Waals surface area contributed by atoms with Gasteiger partial charge < -0.3 is 5.32 Å². The molecular weight excluding hydrogens is 266 g/mol. The lowest BCUT2D eigenvalue weighted by atomic mass is 9.95. The van der Waals surface area contributed by atoms with Crippen LogP contribution in [0.25, 0.3) is 0 Å². The third kappa shape index (κ3) is 2.13. The molecule has 2 heterocycles. The molecule has 0 atom stereocenters. The van der Waals surface area contributed by atoms with Crippen molar-refractivity contribution >= 4 is 23.2 Å². The van der Waals surface area contributed by atoms with E-state index in [9.17, 15) is 9.59 Å². The summed E-state index contributed by atoms with van der Waals surface area (Å²) in [7, 11) is 0. The smallest absolute Gasteiger partial charge is 0.240 e. The molecule has 4 rings (SSSR count). The van der Waals surface area contributed by atoms with Gasteiger partial charge in [-0.3, -0.25) is 9.59 Å². The number of amides is 2. The maximum atomic E-state index is 12.2. The fourth-order valence-corrected chi connectivity index (χ4v) is 3.15. The summed E-state index contributed by atoms with van der Waals surface area (Å²) >= 11 is 0. The number of anilines is 1. The van der Waals surface area contributed by atoms with Gasteiger partial charge in [0.05, 0.1) is 5.71 Å². The van der Waals surface area contributed by atoms with E-state index in [1.165, 1.54) is 5.56 Å². The molecule has 1 aromatic rings. The summed E-state index contributed by atoms with van der Waals surface area (Å²) in [6.07, 6.45) is 5.02. The van der Waals surface area contributed by atoms with Gasteiger partial charge in [-0.25, -0.2) is 5.43 Å². The minimum atomic E-state index is -0.102.